The standard InChI is InChI=1S/C18H15Cl2NO5/c1-2-25-17(23)11-3-5-15(6-4-11)21-16(22)10-26-18(24)12-7-13(19)9-14(20)8-12/h3-9H,2,10H2,1H3,(H,21,22). The van der Waals surface area contributed by atoms with E-state index in [0.717, 1.165) is 0 Å². The zero-order chi connectivity index (χ0) is 19.1. The molecule has 2 rings (SSSR count). The third-order valence-electron chi connectivity index (χ3n) is 3.11. The number of nitrogens with one attached hydrogen (secondary N) is 1. The molecule has 0 aliphatic heterocycles. The molecule has 0 saturated carbocycles. The number of anilines is 1. The Bertz CT molecular complexity index is 801. The largest absolute Gasteiger partial charge is 0.462 e. The molecule has 1 N–H and O–H groups in total. The number of hydrogen-bond donors (Lipinski definition) is 1. The van der Waals surface area contributed by atoms with Gasteiger partial charge < -0.3 is 14.8 Å². The summed E-state index contributed by atoms with van der Waals surface area (Å²) in [6.45, 7) is 1.51. The topological polar surface area (TPSA) is 81.7 Å². The fourth-order valence-corrected chi connectivity index (χ4v) is 2.51. The first-order valence-electron chi connectivity index (χ1n) is 7.59. The molecular weight excluding hydrogens is 381 g/mol. The molecule has 136 valence electrons. The Balaban J connectivity index is 1.88. The summed E-state index contributed by atoms with van der Waals surface area (Å²) in [6.07, 6.45) is 0. The quantitative estimate of drug-likeness (QED) is 0.748. The summed E-state index contributed by atoms with van der Waals surface area (Å²) in [6, 6.07) is 10.4. The van der Waals surface area contributed by atoms with Crippen molar-refractivity contribution in [3.8, 4) is 0 Å². The Morgan fingerprint density at radius 1 is 0.885 bits per heavy atom. The van der Waals surface area contributed by atoms with Crippen LogP contribution >= 0.6 is 23.2 Å². The summed E-state index contributed by atoms with van der Waals surface area (Å²) < 4.78 is 9.79. The van der Waals surface area contributed by atoms with Crippen molar-refractivity contribution in [3.05, 3.63) is 63.6 Å². The molecule has 6 nitrogen and oxygen atoms in total. The van der Waals surface area contributed by atoms with Crippen LogP contribution in [0, 0.1) is 0 Å². The maximum absolute atomic E-state index is 11.9. The number of esters is 2. The van der Waals surface area contributed by atoms with Gasteiger partial charge in [-0.1, -0.05) is 23.2 Å². The zero-order valence-corrected chi connectivity index (χ0v) is 15.3. The van der Waals surface area contributed by atoms with E-state index in [1.165, 1.54) is 30.3 Å². The van der Waals surface area contributed by atoms with Gasteiger partial charge in [0.05, 0.1) is 17.7 Å². The van der Waals surface area contributed by atoms with Gasteiger partial charge in [0.25, 0.3) is 5.91 Å². The number of ether oxygens (including phenoxy) is 2. The molecule has 0 spiro atoms. The molecule has 8 heteroatoms. The van der Waals surface area contributed by atoms with Crippen LogP contribution in [-0.4, -0.2) is 31.1 Å². The molecule has 0 fully saturated rings. The van der Waals surface area contributed by atoms with E-state index in [-0.39, 0.29) is 22.2 Å². The van der Waals surface area contributed by atoms with E-state index in [9.17, 15) is 14.4 Å². The maximum atomic E-state index is 11.9. The van der Waals surface area contributed by atoms with E-state index >= 15 is 0 Å². The van der Waals surface area contributed by atoms with Crippen molar-refractivity contribution in [1.82, 2.24) is 0 Å². The number of halogens is 2. The molecule has 0 radical (unpaired) electrons. The van der Waals surface area contributed by atoms with Crippen molar-refractivity contribution >= 4 is 46.7 Å². The fraction of sp³-hybridized carbons (Fsp3) is 0.167. The lowest BCUT2D eigenvalue weighted by molar-refractivity contribution is -0.119. The Labute approximate surface area is 160 Å². The summed E-state index contributed by atoms with van der Waals surface area (Å²) in [5.74, 6) is -1.70. The highest BCUT2D eigenvalue weighted by atomic mass is 35.5. The maximum Gasteiger partial charge on any atom is 0.338 e. The number of amides is 1. The highest BCUT2D eigenvalue weighted by Crippen LogP contribution is 2.19. The first kappa shape index (κ1) is 19.8. The highest BCUT2D eigenvalue weighted by molar-refractivity contribution is 6.35. The van der Waals surface area contributed by atoms with Gasteiger partial charge in [-0.05, 0) is 49.4 Å². The van der Waals surface area contributed by atoms with E-state index in [1.54, 1.807) is 19.1 Å². The Hall–Kier alpha value is -2.57. The number of carbonyl (C=O) groups is 3. The monoisotopic (exact) mass is 395 g/mol. The minimum atomic E-state index is -0.720. The average Bonchev–Trinajstić information content (AvgIpc) is 2.59. The van der Waals surface area contributed by atoms with Gasteiger partial charge in [0.2, 0.25) is 0 Å². The second kappa shape index (κ2) is 9.22. The molecule has 0 aromatic heterocycles. The van der Waals surface area contributed by atoms with Crippen LogP contribution in [0.15, 0.2) is 42.5 Å². The molecule has 0 bridgehead atoms. The second-order valence-corrected chi connectivity index (χ2v) is 5.95. The number of benzene rings is 2. The fourth-order valence-electron chi connectivity index (χ4n) is 1.99. The predicted molar refractivity (Wildman–Crippen MR) is 97.8 cm³/mol. The number of rotatable bonds is 6. The third-order valence-corrected chi connectivity index (χ3v) is 3.55. The Kier molecular flexibility index (Phi) is 7.00. The van der Waals surface area contributed by atoms with Gasteiger partial charge in [-0.3, -0.25) is 4.79 Å². The predicted octanol–water partition coefficient (Wildman–Crippen LogP) is 3.97. The summed E-state index contributed by atoms with van der Waals surface area (Å²) in [7, 11) is 0. The smallest absolute Gasteiger partial charge is 0.338 e. The normalized spacial score (nSPS) is 10.1. The van der Waals surface area contributed by atoms with Gasteiger partial charge in [-0.15, -0.1) is 0 Å². The number of hydrogen-bond acceptors (Lipinski definition) is 5. The Morgan fingerprint density at radius 3 is 2.04 bits per heavy atom. The molecule has 0 aliphatic rings. The van der Waals surface area contributed by atoms with Gasteiger partial charge in [0.15, 0.2) is 6.61 Å². The number of carbonyl (C=O) groups excluding carboxylic acids is 3. The molecular formula is C18H15Cl2NO5. The van der Waals surface area contributed by atoms with E-state index in [4.69, 9.17) is 32.7 Å². The molecule has 2 aromatic carbocycles. The summed E-state index contributed by atoms with van der Waals surface area (Å²) in [4.78, 5) is 35.3. The van der Waals surface area contributed by atoms with Crippen LogP contribution in [0.5, 0.6) is 0 Å². The zero-order valence-electron chi connectivity index (χ0n) is 13.8. The van der Waals surface area contributed by atoms with E-state index in [2.05, 4.69) is 5.32 Å². The van der Waals surface area contributed by atoms with Crippen molar-refractivity contribution in [2.24, 2.45) is 0 Å². The van der Waals surface area contributed by atoms with Gasteiger partial charge in [-0.2, -0.15) is 0 Å². The van der Waals surface area contributed by atoms with Crippen molar-refractivity contribution in [2.45, 2.75) is 6.92 Å². The van der Waals surface area contributed by atoms with Crippen molar-refractivity contribution < 1.29 is 23.9 Å². The van der Waals surface area contributed by atoms with Crippen molar-refractivity contribution in [1.29, 1.82) is 0 Å². The lowest BCUT2D eigenvalue weighted by Crippen LogP contribution is -2.21. The molecule has 1 amide bonds. The minimum Gasteiger partial charge on any atom is -0.462 e. The summed E-state index contributed by atoms with van der Waals surface area (Å²) in [5.41, 5.74) is 0.966. The van der Waals surface area contributed by atoms with E-state index in [0.29, 0.717) is 11.3 Å². The van der Waals surface area contributed by atoms with E-state index in [1.807, 2.05) is 0 Å². The molecule has 0 aliphatic carbocycles. The van der Waals surface area contributed by atoms with Crippen molar-refractivity contribution in [3.63, 3.8) is 0 Å². The molecule has 26 heavy (non-hydrogen) atoms. The van der Waals surface area contributed by atoms with Gasteiger partial charge >= 0.3 is 11.9 Å². The van der Waals surface area contributed by atoms with Crippen LogP contribution in [0.1, 0.15) is 27.6 Å². The molecule has 0 unspecified atom stereocenters. The van der Waals surface area contributed by atoms with Crippen LogP contribution in [0.3, 0.4) is 0 Å². The average molecular weight is 396 g/mol. The lowest BCUT2D eigenvalue weighted by Gasteiger charge is -2.08. The Morgan fingerprint density at radius 2 is 1.46 bits per heavy atom. The molecule has 2 aromatic rings. The summed E-state index contributed by atoms with van der Waals surface area (Å²) >= 11 is 11.6. The first-order chi connectivity index (χ1) is 12.4. The second-order valence-electron chi connectivity index (χ2n) is 5.08. The van der Waals surface area contributed by atoms with Gasteiger partial charge in [0.1, 0.15) is 0 Å². The third kappa shape index (κ3) is 5.75. The van der Waals surface area contributed by atoms with Gasteiger partial charge in [-0.25, -0.2) is 9.59 Å². The molecule has 0 saturated heterocycles. The van der Waals surface area contributed by atoms with Gasteiger partial charge in [0, 0.05) is 15.7 Å². The lowest BCUT2D eigenvalue weighted by atomic mass is 10.2. The van der Waals surface area contributed by atoms with Crippen LogP contribution in [0.4, 0.5) is 5.69 Å². The highest BCUT2D eigenvalue weighted by Gasteiger charge is 2.12. The molecule has 0 atom stereocenters. The van der Waals surface area contributed by atoms with Crippen LogP contribution < -0.4 is 5.32 Å². The van der Waals surface area contributed by atoms with Crippen molar-refractivity contribution in [2.75, 3.05) is 18.5 Å². The first-order valence-corrected chi connectivity index (χ1v) is 8.35. The molecule has 0 heterocycles. The van der Waals surface area contributed by atoms with Crippen LogP contribution in [0.25, 0.3) is 0 Å². The summed E-state index contributed by atoms with van der Waals surface area (Å²) in [5, 5.41) is 3.12. The van der Waals surface area contributed by atoms with E-state index < -0.39 is 24.5 Å². The van der Waals surface area contributed by atoms with Crippen LogP contribution in [-0.2, 0) is 14.3 Å². The SMILES string of the molecule is CCOC(=O)c1ccc(NC(=O)COC(=O)c2cc(Cl)cc(Cl)c2)cc1. The van der Waals surface area contributed by atoms with Crippen LogP contribution in [0.2, 0.25) is 10.0 Å². The minimum absolute atomic E-state index is 0.147.